The second-order valence-corrected chi connectivity index (χ2v) is 5.14. The van der Waals surface area contributed by atoms with Crippen molar-refractivity contribution in [2.24, 2.45) is 11.1 Å². The van der Waals surface area contributed by atoms with Crippen molar-refractivity contribution in [1.82, 2.24) is 0 Å². The SMILES string of the molecule is COc1cc(C)cc(C)c1CC1(CN)COC1. The second-order valence-electron chi connectivity index (χ2n) is 5.14. The summed E-state index contributed by atoms with van der Waals surface area (Å²) in [6, 6.07) is 4.29. The molecule has 0 amide bonds. The average Bonchev–Trinajstić information content (AvgIpc) is 2.25. The molecule has 2 N–H and O–H groups in total. The molecule has 0 bridgehead atoms. The van der Waals surface area contributed by atoms with Crippen LogP contribution in [0.3, 0.4) is 0 Å². The molecule has 0 aliphatic carbocycles. The summed E-state index contributed by atoms with van der Waals surface area (Å²) in [5, 5.41) is 0. The van der Waals surface area contributed by atoms with E-state index in [1.807, 2.05) is 0 Å². The van der Waals surface area contributed by atoms with E-state index in [2.05, 4.69) is 26.0 Å². The van der Waals surface area contributed by atoms with Crippen LogP contribution in [0.25, 0.3) is 0 Å². The first kappa shape index (κ1) is 12.4. The molecule has 3 nitrogen and oxygen atoms in total. The summed E-state index contributed by atoms with van der Waals surface area (Å²) < 4.78 is 10.8. The zero-order chi connectivity index (χ0) is 12.5. The van der Waals surface area contributed by atoms with Gasteiger partial charge in [0.25, 0.3) is 0 Å². The largest absolute Gasteiger partial charge is 0.496 e. The number of aryl methyl sites for hydroxylation is 2. The van der Waals surface area contributed by atoms with Crippen molar-refractivity contribution >= 4 is 0 Å². The van der Waals surface area contributed by atoms with Gasteiger partial charge in [0, 0.05) is 12.0 Å². The van der Waals surface area contributed by atoms with E-state index in [0.29, 0.717) is 6.54 Å². The van der Waals surface area contributed by atoms with E-state index in [0.717, 1.165) is 25.4 Å². The Morgan fingerprint density at radius 1 is 1.35 bits per heavy atom. The van der Waals surface area contributed by atoms with Crippen molar-refractivity contribution in [3.63, 3.8) is 0 Å². The summed E-state index contributed by atoms with van der Waals surface area (Å²) in [6.45, 7) is 6.42. The Morgan fingerprint density at radius 2 is 2.06 bits per heavy atom. The summed E-state index contributed by atoms with van der Waals surface area (Å²) in [7, 11) is 1.73. The van der Waals surface area contributed by atoms with E-state index in [4.69, 9.17) is 15.2 Å². The molecule has 0 saturated carbocycles. The van der Waals surface area contributed by atoms with Crippen molar-refractivity contribution < 1.29 is 9.47 Å². The standard InChI is InChI=1S/C14H21NO2/c1-10-4-11(2)12(13(5-10)16-3)6-14(7-15)8-17-9-14/h4-5H,6-9,15H2,1-3H3. The fraction of sp³-hybridized carbons (Fsp3) is 0.571. The molecule has 0 aromatic heterocycles. The van der Waals surface area contributed by atoms with Gasteiger partial charge in [0.2, 0.25) is 0 Å². The second kappa shape index (κ2) is 4.67. The fourth-order valence-corrected chi connectivity index (χ4v) is 2.42. The smallest absolute Gasteiger partial charge is 0.122 e. The van der Waals surface area contributed by atoms with Crippen LogP contribution in [-0.2, 0) is 11.2 Å². The molecule has 1 aromatic rings. The van der Waals surface area contributed by atoms with Gasteiger partial charge in [0.15, 0.2) is 0 Å². The Balaban J connectivity index is 2.31. The molecule has 1 aliphatic rings. The van der Waals surface area contributed by atoms with Gasteiger partial charge in [-0.25, -0.2) is 0 Å². The van der Waals surface area contributed by atoms with Crippen LogP contribution in [0.5, 0.6) is 5.75 Å². The minimum atomic E-state index is 0.118. The molecule has 1 heterocycles. The highest BCUT2D eigenvalue weighted by atomic mass is 16.5. The first-order valence-electron chi connectivity index (χ1n) is 6.02. The molecular formula is C14H21NO2. The molecule has 1 saturated heterocycles. The van der Waals surface area contributed by atoms with E-state index < -0.39 is 0 Å². The van der Waals surface area contributed by atoms with Gasteiger partial charge in [-0.15, -0.1) is 0 Å². The van der Waals surface area contributed by atoms with Crippen LogP contribution in [0.2, 0.25) is 0 Å². The Morgan fingerprint density at radius 3 is 2.53 bits per heavy atom. The first-order chi connectivity index (χ1) is 8.10. The maximum absolute atomic E-state index is 5.87. The number of nitrogens with two attached hydrogens (primary N) is 1. The third-order valence-corrected chi connectivity index (χ3v) is 3.60. The molecule has 1 fully saturated rings. The number of rotatable bonds is 4. The fourth-order valence-electron chi connectivity index (χ4n) is 2.42. The van der Waals surface area contributed by atoms with Gasteiger partial charge in [0.1, 0.15) is 5.75 Å². The monoisotopic (exact) mass is 235 g/mol. The highest BCUT2D eigenvalue weighted by molar-refractivity contribution is 5.43. The van der Waals surface area contributed by atoms with Gasteiger partial charge < -0.3 is 15.2 Å². The first-order valence-corrected chi connectivity index (χ1v) is 6.02. The van der Waals surface area contributed by atoms with Gasteiger partial charge >= 0.3 is 0 Å². The highest BCUT2D eigenvalue weighted by Crippen LogP contribution is 2.35. The Kier molecular flexibility index (Phi) is 3.40. The van der Waals surface area contributed by atoms with Crippen LogP contribution in [0.15, 0.2) is 12.1 Å². The van der Waals surface area contributed by atoms with E-state index in [9.17, 15) is 0 Å². The summed E-state index contributed by atoms with van der Waals surface area (Å²) in [4.78, 5) is 0. The number of benzene rings is 1. The van der Waals surface area contributed by atoms with Crippen LogP contribution in [0.1, 0.15) is 16.7 Å². The lowest BCUT2D eigenvalue weighted by Gasteiger charge is -2.41. The number of hydrogen-bond donors (Lipinski definition) is 1. The van der Waals surface area contributed by atoms with E-state index >= 15 is 0 Å². The Labute approximate surface area is 103 Å². The van der Waals surface area contributed by atoms with Gasteiger partial charge in [-0.2, -0.15) is 0 Å². The van der Waals surface area contributed by atoms with E-state index in [1.54, 1.807) is 7.11 Å². The van der Waals surface area contributed by atoms with Crippen molar-refractivity contribution in [1.29, 1.82) is 0 Å². The van der Waals surface area contributed by atoms with Gasteiger partial charge in [0.05, 0.1) is 20.3 Å². The molecule has 0 atom stereocenters. The average molecular weight is 235 g/mol. The van der Waals surface area contributed by atoms with Crippen molar-refractivity contribution in [2.75, 3.05) is 26.9 Å². The molecule has 17 heavy (non-hydrogen) atoms. The molecule has 2 rings (SSSR count). The lowest BCUT2D eigenvalue weighted by Crippen LogP contribution is -2.50. The topological polar surface area (TPSA) is 44.5 Å². The normalized spacial score (nSPS) is 17.6. The minimum absolute atomic E-state index is 0.118. The molecule has 94 valence electrons. The Hall–Kier alpha value is -1.06. The Bertz CT molecular complexity index is 405. The highest BCUT2D eigenvalue weighted by Gasteiger charge is 2.38. The molecule has 1 aromatic carbocycles. The van der Waals surface area contributed by atoms with E-state index in [1.165, 1.54) is 16.7 Å². The lowest BCUT2D eigenvalue weighted by molar-refractivity contribution is -0.106. The van der Waals surface area contributed by atoms with Crippen LogP contribution in [-0.4, -0.2) is 26.9 Å². The van der Waals surface area contributed by atoms with Crippen LogP contribution in [0, 0.1) is 19.3 Å². The molecule has 1 aliphatic heterocycles. The number of ether oxygens (including phenoxy) is 2. The molecular weight excluding hydrogens is 214 g/mol. The lowest BCUT2D eigenvalue weighted by atomic mass is 9.78. The maximum atomic E-state index is 5.87. The molecule has 0 unspecified atom stereocenters. The zero-order valence-corrected chi connectivity index (χ0v) is 10.9. The van der Waals surface area contributed by atoms with Gasteiger partial charge in [-0.1, -0.05) is 6.07 Å². The summed E-state index contributed by atoms with van der Waals surface area (Å²) in [5.41, 5.74) is 9.77. The minimum Gasteiger partial charge on any atom is -0.496 e. The van der Waals surface area contributed by atoms with Crippen LogP contribution >= 0.6 is 0 Å². The maximum Gasteiger partial charge on any atom is 0.122 e. The van der Waals surface area contributed by atoms with Gasteiger partial charge in [-0.3, -0.25) is 0 Å². The number of methoxy groups -OCH3 is 1. The van der Waals surface area contributed by atoms with Crippen molar-refractivity contribution in [3.8, 4) is 5.75 Å². The molecule has 0 spiro atoms. The van der Waals surface area contributed by atoms with E-state index in [-0.39, 0.29) is 5.41 Å². The summed E-state index contributed by atoms with van der Waals surface area (Å²) in [6.07, 6.45) is 0.943. The third kappa shape index (κ3) is 2.31. The third-order valence-electron chi connectivity index (χ3n) is 3.60. The quantitative estimate of drug-likeness (QED) is 0.866. The predicted molar refractivity (Wildman–Crippen MR) is 68.5 cm³/mol. The van der Waals surface area contributed by atoms with Crippen molar-refractivity contribution in [3.05, 3.63) is 28.8 Å². The summed E-state index contributed by atoms with van der Waals surface area (Å²) >= 11 is 0. The summed E-state index contributed by atoms with van der Waals surface area (Å²) in [5.74, 6) is 0.974. The van der Waals surface area contributed by atoms with Crippen LogP contribution < -0.4 is 10.5 Å². The van der Waals surface area contributed by atoms with Crippen LogP contribution in [0.4, 0.5) is 0 Å². The predicted octanol–water partition coefficient (Wildman–Crippen LogP) is 1.83. The van der Waals surface area contributed by atoms with Gasteiger partial charge in [-0.05, 0) is 43.0 Å². The zero-order valence-electron chi connectivity index (χ0n) is 10.9. The number of hydrogen-bond acceptors (Lipinski definition) is 3. The molecule has 3 heteroatoms. The van der Waals surface area contributed by atoms with Crippen molar-refractivity contribution in [2.45, 2.75) is 20.3 Å². The molecule has 0 radical (unpaired) electrons.